The Morgan fingerprint density at radius 2 is 1.82 bits per heavy atom. The molecule has 1 atom stereocenters. The van der Waals surface area contributed by atoms with Crippen molar-refractivity contribution in [2.24, 2.45) is 0 Å². The summed E-state index contributed by atoms with van der Waals surface area (Å²) in [5.74, 6) is 0. The number of nitrogens with zero attached hydrogens (tertiary/aromatic N) is 4. The fourth-order valence-electron chi connectivity index (χ4n) is 4.11. The van der Waals surface area contributed by atoms with Crippen LogP contribution >= 0.6 is 34.8 Å². The second-order valence-electron chi connectivity index (χ2n) is 7.94. The van der Waals surface area contributed by atoms with Gasteiger partial charge in [-0.05, 0) is 54.8 Å². The van der Waals surface area contributed by atoms with Crippen molar-refractivity contribution < 1.29 is 4.74 Å². The lowest BCUT2D eigenvalue weighted by Crippen LogP contribution is -2.42. The Morgan fingerprint density at radius 3 is 2.52 bits per heavy atom. The maximum absolute atomic E-state index is 13.5. The Balaban J connectivity index is 1.71. The molecule has 0 saturated carbocycles. The predicted octanol–water partition coefficient (Wildman–Crippen LogP) is 4.54. The van der Waals surface area contributed by atoms with E-state index in [9.17, 15) is 9.59 Å². The number of benzene rings is 2. The highest BCUT2D eigenvalue weighted by Crippen LogP contribution is 2.24. The molecule has 2 aromatic heterocycles. The molecule has 10 heteroatoms. The van der Waals surface area contributed by atoms with Gasteiger partial charge in [-0.25, -0.2) is 14.3 Å². The predicted molar refractivity (Wildman–Crippen MR) is 129 cm³/mol. The number of hydrogen-bond donors (Lipinski definition) is 0. The summed E-state index contributed by atoms with van der Waals surface area (Å²) in [5.41, 5.74) is 1.12. The molecule has 1 aliphatic rings. The molecule has 7 nitrogen and oxygen atoms in total. The van der Waals surface area contributed by atoms with Gasteiger partial charge in [-0.3, -0.25) is 9.36 Å². The monoisotopic (exact) mass is 504 g/mol. The zero-order chi connectivity index (χ0) is 23.1. The normalized spacial score (nSPS) is 16.0. The molecule has 0 radical (unpaired) electrons. The molecular formula is C23H19Cl3N4O3. The average molecular weight is 506 g/mol. The van der Waals surface area contributed by atoms with Crippen molar-refractivity contribution in [3.63, 3.8) is 0 Å². The van der Waals surface area contributed by atoms with Crippen LogP contribution in [0.5, 0.6) is 0 Å². The lowest BCUT2D eigenvalue weighted by Gasteiger charge is -2.15. The zero-order valence-corrected chi connectivity index (χ0v) is 19.6. The standard InChI is InChI=1S/C23H19Cl3N4O3/c24-15-4-6-16(7-5-15)30-21-20(22(31)29(23(30)32)12-17-2-1-9-33-17)28(13-27-21)11-14-3-8-18(25)19(26)10-14/h3-8,10,13,17H,1-2,9,11-12H2/t17-/m0/s1. The van der Waals surface area contributed by atoms with Crippen molar-refractivity contribution in [2.75, 3.05) is 6.61 Å². The fraction of sp³-hybridized carbons (Fsp3) is 0.261. The molecule has 5 rings (SSSR count). The van der Waals surface area contributed by atoms with Crippen LogP contribution in [0.2, 0.25) is 15.1 Å². The van der Waals surface area contributed by atoms with Gasteiger partial charge in [0, 0.05) is 18.2 Å². The summed E-state index contributed by atoms with van der Waals surface area (Å²) in [6.45, 7) is 1.14. The van der Waals surface area contributed by atoms with E-state index >= 15 is 0 Å². The number of fused-ring (bicyclic) bond motifs is 1. The summed E-state index contributed by atoms with van der Waals surface area (Å²) in [7, 11) is 0. The van der Waals surface area contributed by atoms with Gasteiger partial charge in [-0.1, -0.05) is 40.9 Å². The van der Waals surface area contributed by atoms with Gasteiger partial charge in [0.2, 0.25) is 0 Å². The van der Waals surface area contributed by atoms with Crippen LogP contribution in [0.1, 0.15) is 18.4 Å². The Bertz CT molecular complexity index is 1450. The van der Waals surface area contributed by atoms with Crippen LogP contribution in [0.4, 0.5) is 0 Å². The fourth-order valence-corrected chi connectivity index (χ4v) is 4.56. The summed E-state index contributed by atoms with van der Waals surface area (Å²) in [4.78, 5) is 31.5. The van der Waals surface area contributed by atoms with E-state index in [2.05, 4.69) is 4.98 Å². The number of aromatic nitrogens is 4. The first-order chi connectivity index (χ1) is 15.9. The Morgan fingerprint density at radius 1 is 1.03 bits per heavy atom. The highest BCUT2D eigenvalue weighted by Gasteiger charge is 2.23. The molecular weight excluding hydrogens is 487 g/mol. The number of ether oxygens (including phenoxy) is 1. The molecule has 0 unspecified atom stereocenters. The van der Waals surface area contributed by atoms with Crippen molar-refractivity contribution in [1.82, 2.24) is 18.7 Å². The third-order valence-corrected chi connectivity index (χ3v) is 6.72. The average Bonchev–Trinajstić information content (AvgIpc) is 3.45. The van der Waals surface area contributed by atoms with Gasteiger partial charge in [0.1, 0.15) is 0 Å². The molecule has 0 bridgehead atoms. The summed E-state index contributed by atoms with van der Waals surface area (Å²) in [6, 6.07) is 12.1. The van der Waals surface area contributed by atoms with Crippen LogP contribution in [0, 0.1) is 0 Å². The van der Waals surface area contributed by atoms with Gasteiger partial charge in [0.25, 0.3) is 5.56 Å². The molecule has 170 valence electrons. The minimum atomic E-state index is -0.467. The zero-order valence-electron chi connectivity index (χ0n) is 17.4. The van der Waals surface area contributed by atoms with Crippen LogP contribution < -0.4 is 11.2 Å². The number of rotatable bonds is 5. The number of hydrogen-bond acceptors (Lipinski definition) is 4. The van der Waals surface area contributed by atoms with Gasteiger partial charge in [-0.2, -0.15) is 0 Å². The Hall–Kier alpha value is -2.58. The maximum atomic E-state index is 13.5. The maximum Gasteiger partial charge on any atom is 0.337 e. The highest BCUT2D eigenvalue weighted by atomic mass is 35.5. The molecule has 0 amide bonds. The minimum absolute atomic E-state index is 0.180. The molecule has 0 N–H and O–H groups in total. The Kier molecular flexibility index (Phi) is 6.05. The van der Waals surface area contributed by atoms with Crippen molar-refractivity contribution in [1.29, 1.82) is 0 Å². The largest absolute Gasteiger partial charge is 0.376 e. The lowest BCUT2D eigenvalue weighted by atomic mass is 10.2. The highest BCUT2D eigenvalue weighted by molar-refractivity contribution is 6.42. The summed E-state index contributed by atoms with van der Waals surface area (Å²) < 4.78 is 10.1. The van der Waals surface area contributed by atoms with Crippen molar-refractivity contribution >= 4 is 46.0 Å². The van der Waals surface area contributed by atoms with Crippen molar-refractivity contribution in [3.05, 3.63) is 90.3 Å². The molecule has 3 heterocycles. The third-order valence-electron chi connectivity index (χ3n) is 5.73. The molecule has 1 saturated heterocycles. The quantitative estimate of drug-likeness (QED) is 0.399. The molecule has 1 fully saturated rings. The molecule has 1 aliphatic heterocycles. The number of imidazole rings is 1. The van der Waals surface area contributed by atoms with E-state index in [1.807, 2.05) is 6.07 Å². The minimum Gasteiger partial charge on any atom is -0.376 e. The van der Waals surface area contributed by atoms with E-state index in [-0.39, 0.29) is 18.3 Å². The van der Waals surface area contributed by atoms with Gasteiger partial charge >= 0.3 is 5.69 Å². The second kappa shape index (κ2) is 8.99. The van der Waals surface area contributed by atoms with Gasteiger partial charge in [0.15, 0.2) is 11.2 Å². The van der Waals surface area contributed by atoms with E-state index in [1.54, 1.807) is 47.3 Å². The SMILES string of the molecule is O=c1c2c(ncn2Cc2ccc(Cl)c(Cl)c2)n(-c2ccc(Cl)cc2)c(=O)n1C[C@@H]1CCCO1. The van der Waals surface area contributed by atoms with Gasteiger partial charge in [-0.15, -0.1) is 0 Å². The molecule has 0 aliphatic carbocycles. The molecule has 4 aromatic rings. The van der Waals surface area contributed by atoms with Crippen LogP contribution in [-0.2, 0) is 17.8 Å². The Labute approximate surface area is 203 Å². The van der Waals surface area contributed by atoms with Crippen molar-refractivity contribution in [3.8, 4) is 5.69 Å². The first kappa shape index (κ1) is 22.2. The summed E-state index contributed by atoms with van der Waals surface area (Å²) >= 11 is 18.3. The third kappa shape index (κ3) is 4.22. The van der Waals surface area contributed by atoms with Crippen LogP contribution in [-0.4, -0.2) is 31.4 Å². The smallest absolute Gasteiger partial charge is 0.337 e. The molecule has 2 aromatic carbocycles. The summed E-state index contributed by atoms with van der Waals surface area (Å²) in [5, 5.41) is 1.42. The lowest BCUT2D eigenvalue weighted by molar-refractivity contribution is 0.0950. The first-order valence-electron chi connectivity index (χ1n) is 10.4. The number of halogens is 3. The molecule has 33 heavy (non-hydrogen) atoms. The van der Waals surface area contributed by atoms with E-state index in [1.165, 1.54) is 9.13 Å². The van der Waals surface area contributed by atoms with Gasteiger partial charge < -0.3 is 9.30 Å². The topological polar surface area (TPSA) is 71.0 Å². The van der Waals surface area contributed by atoms with E-state index < -0.39 is 11.2 Å². The van der Waals surface area contributed by atoms with E-state index in [0.717, 1.165) is 18.4 Å². The molecule has 0 spiro atoms. The van der Waals surface area contributed by atoms with E-state index in [4.69, 9.17) is 39.5 Å². The van der Waals surface area contributed by atoms with Gasteiger partial charge in [0.05, 0.1) is 34.7 Å². The van der Waals surface area contributed by atoms with Crippen LogP contribution in [0.15, 0.2) is 58.4 Å². The second-order valence-corrected chi connectivity index (χ2v) is 9.19. The van der Waals surface area contributed by atoms with E-state index in [0.29, 0.717) is 39.4 Å². The van der Waals surface area contributed by atoms with Crippen molar-refractivity contribution in [2.45, 2.75) is 32.0 Å². The first-order valence-corrected chi connectivity index (χ1v) is 11.6. The van der Waals surface area contributed by atoms with Crippen LogP contribution in [0.25, 0.3) is 16.9 Å². The van der Waals surface area contributed by atoms with Crippen LogP contribution in [0.3, 0.4) is 0 Å². The summed E-state index contributed by atoms with van der Waals surface area (Å²) in [6.07, 6.45) is 3.07.